The van der Waals surface area contributed by atoms with E-state index in [1.807, 2.05) is 20.8 Å². The maximum absolute atomic E-state index is 5.68. The van der Waals surface area contributed by atoms with Crippen molar-refractivity contribution >= 4 is 8.80 Å². The van der Waals surface area contributed by atoms with Crippen LogP contribution in [0, 0.1) is 7.11 Å². The van der Waals surface area contributed by atoms with Crippen molar-refractivity contribution in [1.82, 2.24) is 0 Å². The normalized spacial score (nSPS) is 12.0. The summed E-state index contributed by atoms with van der Waals surface area (Å²) in [4.78, 5) is 0. The van der Waals surface area contributed by atoms with Crippen LogP contribution in [0.1, 0.15) is 27.2 Å². The SMILES string of the molecule is [CH2]OCCC[Si](OCC)(OCC)OCC. The van der Waals surface area contributed by atoms with E-state index in [1.54, 1.807) is 0 Å². The minimum Gasteiger partial charge on any atom is -0.379 e. The Morgan fingerprint density at radius 2 is 1.40 bits per heavy atom. The van der Waals surface area contributed by atoms with Gasteiger partial charge in [-0.2, -0.15) is 0 Å². The second kappa shape index (κ2) is 9.29. The molecule has 0 aliphatic heterocycles. The van der Waals surface area contributed by atoms with Crippen molar-refractivity contribution in [2.24, 2.45) is 0 Å². The number of rotatable bonds is 10. The second-order valence-corrected chi connectivity index (χ2v) is 5.73. The maximum Gasteiger partial charge on any atom is 0.501 e. The molecule has 0 aromatic carbocycles. The predicted octanol–water partition coefficient (Wildman–Crippen LogP) is 2.23. The maximum atomic E-state index is 5.68. The van der Waals surface area contributed by atoms with E-state index >= 15 is 0 Å². The molecule has 5 heteroatoms. The van der Waals surface area contributed by atoms with Crippen LogP contribution in [0.4, 0.5) is 0 Å². The first-order chi connectivity index (χ1) is 7.24. The van der Waals surface area contributed by atoms with Gasteiger partial charge in [0.1, 0.15) is 0 Å². The second-order valence-electron chi connectivity index (χ2n) is 2.99. The Balaban J connectivity index is 4.18. The molecule has 0 unspecified atom stereocenters. The molecular formula is C10H23O4Si. The Labute approximate surface area is 94.2 Å². The van der Waals surface area contributed by atoms with Gasteiger partial charge in [-0.15, -0.1) is 0 Å². The Morgan fingerprint density at radius 3 is 1.73 bits per heavy atom. The Hall–Kier alpha value is 0.0569. The van der Waals surface area contributed by atoms with Gasteiger partial charge in [0.05, 0.1) is 7.11 Å². The molecule has 0 amide bonds. The van der Waals surface area contributed by atoms with Crippen molar-refractivity contribution in [3.8, 4) is 0 Å². The fourth-order valence-corrected chi connectivity index (χ4v) is 3.97. The summed E-state index contributed by atoms with van der Waals surface area (Å²) in [5, 5.41) is 0. The Bertz CT molecular complexity index is 126. The van der Waals surface area contributed by atoms with Crippen LogP contribution in [0.3, 0.4) is 0 Å². The van der Waals surface area contributed by atoms with Crippen molar-refractivity contribution in [1.29, 1.82) is 0 Å². The topological polar surface area (TPSA) is 36.9 Å². The van der Waals surface area contributed by atoms with Gasteiger partial charge < -0.3 is 18.0 Å². The van der Waals surface area contributed by atoms with Gasteiger partial charge in [0, 0.05) is 32.5 Å². The average Bonchev–Trinajstić information content (AvgIpc) is 2.19. The van der Waals surface area contributed by atoms with E-state index in [9.17, 15) is 0 Å². The molecule has 1 radical (unpaired) electrons. The molecule has 0 fully saturated rings. The fourth-order valence-electron chi connectivity index (χ4n) is 1.39. The van der Waals surface area contributed by atoms with Crippen molar-refractivity contribution in [3.63, 3.8) is 0 Å². The van der Waals surface area contributed by atoms with Crippen LogP contribution < -0.4 is 0 Å². The first-order valence-electron chi connectivity index (χ1n) is 5.53. The molecule has 0 aromatic heterocycles. The number of hydrogen-bond donors (Lipinski definition) is 0. The summed E-state index contributed by atoms with van der Waals surface area (Å²) in [7, 11) is 0.896. The minimum absolute atomic E-state index is 0.613. The Kier molecular flexibility index (Phi) is 9.33. The predicted molar refractivity (Wildman–Crippen MR) is 61.4 cm³/mol. The van der Waals surface area contributed by atoms with Gasteiger partial charge in [-0.05, 0) is 27.2 Å². The summed E-state index contributed by atoms with van der Waals surface area (Å²) < 4.78 is 21.8. The molecule has 0 saturated heterocycles. The van der Waals surface area contributed by atoms with Crippen LogP contribution in [-0.4, -0.2) is 35.2 Å². The summed E-state index contributed by atoms with van der Waals surface area (Å²) in [5.74, 6) is 0. The van der Waals surface area contributed by atoms with E-state index < -0.39 is 8.80 Å². The van der Waals surface area contributed by atoms with E-state index in [4.69, 9.17) is 18.0 Å². The summed E-state index contributed by atoms with van der Waals surface area (Å²) in [6.07, 6.45) is 0.857. The summed E-state index contributed by atoms with van der Waals surface area (Å²) in [6, 6.07) is 0.790. The molecule has 0 spiro atoms. The van der Waals surface area contributed by atoms with E-state index in [1.165, 1.54) is 0 Å². The molecule has 0 bridgehead atoms. The van der Waals surface area contributed by atoms with Crippen molar-refractivity contribution in [3.05, 3.63) is 7.11 Å². The lowest BCUT2D eigenvalue weighted by atomic mass is 10.5. The highest BCUT2D eigenvalue weighted by Crippen LogP contribution is 2.17. The van der Waals surface area contributed by atoms with E-state index in [0.717, 1.165) is 12.5 Å². The number of ether oxygens (including phenoxy) is 1. The molecule has 0 heterocycles. The number of hydrogen-bond acceptors (Lipinski definition) is 4. The third-order valence-corrected chi connectivity index (χ3v) is 5.02. The molecule has 0 aliphatic carbocycles. The first-order valence-corrected chi connectivity index (χ1v) is 7.46. The van der Waals surface area contributed by atoms with Gasteiger partial charge in [0.25, 0.3) is 0 Å². The summed E-state index contributed by atoms with van der Waals surface area (Å²) in [6.45, 7) is 8.35. The van der Waals surface area contributed by atoms with Gasteiger partial charge >= 0.3 is 8.80 Å². The van der Waals surface area contributed by atoms with Crippen molar-refractivity contribution in [2.75, 3.05) is 26.4 Å². The molecule has 15 heavy (non-hydrogen) atoms. The highest BCUT2D eigenvalue weighted by Gasteiger charge is 2.39. The zero-order valence-electron chi connectivity index (χ0n) is 10.1. The zero-order valence-corrected chi connectivity index (χ0v) is 11.1. The van der Waals surface area contributed by atoms with Crippen molar-refractivity contribution < 1.29 is 18.0 Å². The smallest absolute Gasteiger partial charge is 0.379 e. The quantitative estimate of drug-likeness (QED) is 0.430. The van der Waals surface area contributed by atoms with Gasteiger partial charge in [-0.3, -0.25) is 0 Å². The summed E-state index contributed by atoms with van der Waals surface area (Å²) >= 11 is 0. The van der Waals surface area contributed by atoms with Gasteiger partial charge in [0.2, 0.25) is 0 Å². The van der Waals surface area contributed by atoms with Crippen LogP contribution in [0.5, 0.6) is 0 Å². The third-order valence-electron chi connectivity index (χ3n) is 1.86. The average molecular weight is 235 g/mol. The first kappa shape index (κ1) is 15.1. The fraction of sp³-hybridized carbons (Fsp3) is 0.900. The molecule has 0 rings (SSSR count). The van der Waals surface area contributed by atoms with Gasteiger partial charge in [-0.1, -0.05) is 0 Å². The molecular weight excluding hydrogens is 212 g/mol. The van der Waals surface area contributed by atoms with Crippen molar-refractivity contribution in [2.45, 2.75) is 33.2 Å². The summed E-state index contributed by atoms with van der Waals surface area (Å²) in [5.41, 5.74) is 0. The lowest BCUT2D eigenvalue weighted by Crippen LogP contribution is -2.46. The minimum atomic E-state index is -2.44. The zero-order chi connectivity index (χ0) is 11.6. The standard InChI is InChI=1S/C10H23O4Si/c1-5-12-15(13-6-2,14-7-3)10-8-9-11-4/h4-10H2,1-3H3. The Morgan fingerprint density at radius 1 is 0.933 bits per heavy atom. The van der Waals surface area contributed by atoms with E-state index in [2.05, 4.69) is 7.11 Å². The molecule has 0 aromatic rings. The molecule has 0 aliphatic rings. The highest BCUT2D eigenvalue weighted by atomic mass is 28.4. The van der Waals surface area contributed by atoms with Crippen LogP contribution >= 0.6 is 0 Å². The van der Waals surface area contributed by atoms with Crippen LogP contribution in [0.2, 0.25) is 6.04 Å². The largest absolute Gasteiger partial charge is 0.501 e. The third kappa shape index (κ3) is 6.27. The lowest BCUT2D eigenvalue weighted by Gasteiger charge is -2.28. The molecule has 0 saturated carbocycles. The molecule has 4 nitrogen and oxygen atoms in total. The van der Waals surface area contributed by atoms with E-state index in [-0.39, 0.29) is 0 Å². The van der Waals surface area contributed by atoms with E-state index in [0.29, 0.717) is 26.4 Å². The van der Waals surface area contributed by atoms with Crippen LogP contribution in [-0.2, 0) is 18.0 Å². The molecule has 91 valence electrons. The monoisotopic (exact) mass is 235 g/mol. The lowest BCUT2D eigenvalue weighted by molar-refractivity contribution is 0.0689. The molecule has 0 atom stereocenters. The van der Waals surface area contributed by atoms with Gasteiger partial charge in [-0.25, -0.2) is 0 Å². The molecule has 0 N–H and O–H groups in total. The van der Waals surface area contributed by atoms with Crippen LogP contribution in [0.25, 0.3) is 0 Å². The van der Waals surface area contributed by atoms with Gasteiger partial charge in [0.15, 0.2) is 0 Å². The highest BCUT2D eigenvalue weighted by molar-refractivity contribution is 6.60. The van der Waals surface area contributed by atoms with Crippen LogP contribution in [0.15, 0.2) is 0 Å².